The van der Waals surface area contributed by atoms with Crippen LogP contribution in [0.2, 0.25) is 0 Å². The Labute approximate surface area is 66.3 Å². The van der Waals surface area contributed by atoms with Gasteiger partial charge < -0.3 is 15.1 Å². The number of hydrogen-bond donors (Lipinski definition) is 3. The maximum atomic E-state index is 11.3. The molecule has 0 aliphatic heterocycles. The molecule has 0 aromatic carbocycles. The predicted octanol–water partition coefficient (Wildman–Crippen LogP) is 0.0184. The average molecular weight is 182 g/mol. The molecule has 5 heteroatoms. The molecule has 0 saturated heterocycles. The van der Waals surface area contributed by atoms with Gasteiger partial charge in [0.15, 0.2) is 0 Å². The molecular weight excluding hydrogens is 167 g/mol. The lowest BCUT2D eigenvalue weighted by Crippen LogP contribution is -2.19. The van der Waals surface area contributed by atoms with Gasteiger partial charge in [0.1, 0.15) is 0 Å². The summed E-state index contributed by atoms with van der Waals surface area (Å²) in [6.07, 6.45) is 0. The lowest BCUT2D eigenvalue weighted by molar-refractivity contribution is 0.270. The van der Waals surface area contributed by atoms with E-state index in [9.17, 15) is 9.46 Å². The molecule has 11 heavy (non-hydrogen) atoms. The van der Waals surface area contributed by atoms with Gasteiger partial charge in [-0.25, -0.2) is 0 Å². The van der Waals surface area contributed by atoms with Gasteiger partial charge in [0.05, 0.1) is 24.5 Å². The molecule has 4 nitrogen and oxygen atoms in total. The van der Waals surface area contributed by atoms with Gasteiger partial charge in [0, 0.05) is 0 Å². The minimum atomic E-state index is -3.37. The quantitative estimate of drug-likeness (QED) is 0.535. The van der Waals surface area contributed by atoms with Crippen LogP contribution in [0.1, 0.15) is 13.8 Å². The molecule has 0 amide bonds. The van der Waals surface area contributed by atoms with E-state index in [0.29, 0.717) is 0 Å². The summed E-state index contributed by atoms with van der Waals surface area (Å²) >= 11 is 0. The molecule has 0 saturated carbocycles. The molecule has 0 spiro atoms. The fraction of sp³-hybridized carbons (Fsp3) is 1.00. The Hall–Kier alpha value is 0.110. The van der Waals surface area contributed by atoms with E-state index in [0.717, 1.165) is 0 Å². The summed E-state index contributed by atoms with van der Waals surface area (Å²) < 4.78 is 11.3. The minimum absolute atomic E-state index is 0.321. The van der Waals surface area contributed by atoms with Crippen molar-refractivity contribution in [2.24, 2.45) is 0 Å². The van der Waals surface area contributed by atoms with Gasteiger partial charge in [0.2, 0.25) is 7.37 Å². The summed E-state index contributed by atoms with van der Waals surface area (Å²) in [4.78, 5) is 9.29. The molecule has 68 valence electrons. The van der Waals surface area contributed by atoms with Crippen LogP contribution in [-0.4, -0.2) is 39.6 Å². The molecule has 0 aromatic heterocycles. The zero-order chi connectivity index (χ0) is 9.07. The molecule has 0 radical (unpaired) electrons. The molecule has 0 rings (SSSR count). The molecule has 0 fully saturated rings. The van der Waals surface area contributed by atoms with Crippen molar-refractivity contribution in [3.8, 4) is 0 Å². The molecule has 2 atom stereocenters. The van der Waals surface area contributed by atoms with E-state index in [2.05, 4.69) is 0 Å². The molecule has 0 aromatic rings. The molecule has 2 unspecified atom stereocenters. The molecule has 0 heterocycles. The summed E-state index contributed by atoms with van der Waals surface area (Å²) in [5, 5.41) is 17.2. The normalized spacial score (nSPS) is 22.3. The van der Waals surface area contributed by atoms with Crippen LogP contribution in [0, 0.1) is 0 Å². The van der Waals surface area contributed by atoms with Crippen molar-refractivity contribution in [3.05, 3.63) is 0 Å². The van der Waals surface area contributed by atoms with E-state index in [1.165, 1.54) is 13.8 Å². The molecule has 0 bridgehead atoms. The Balaban J connectivity index is 4.32. The van der Waals surface area contributed by atoms with Gasteiger partial charge in [0.25, 0.3) is 0 Å². The van der Waals surface area contributed by atoms with Gasteiger partial charge in [-0.2, -0.15) is 0 Å². The third kappa shape index (κ3) is 2.56. The lowest BCUT2D eigenvalue weighted by Gasteiger charge is -2.21. The lowest BCUT2D eigenvalue weighted by atomic mass is 10.5. The summed E-state index contributed by atoms with van der Waals surface area (Å²) in [6.45, 7) is 2.34. The van der Waals surface area contributed by atoms with Crippen molar-refractivity contribution in [2.45, 2.75) is 25.2 Å². The van der Waals surface area contributed by atoms with E-state index >= 15 is 0 Å². The molecule has 3 N–H and O–H groups in total. The summed E-state index contributed by atoms with van der Waals surface area (Å²) in [6, 6.07) is 0. The van der Waals surface area contributed by atoms with Crippen molar-refractivity contribution < 1.29 is 19.7 Å². The topological polar surface area (TPSA) is 77.8 Å². The Bertz CT molecular complexity index is 145. The highest BCUT2D eigenvalue weighted by molar-refractivity contribution is 7.59. The first-order valence-corrected chi connectivity index (χ1v) is 5.30. The van der Waals surface area contributed by atoms with Gasteiger partial charge in [-0.05, 0) is 0 Å². The van der Waals surface area contributed by atoms with E-state index in [1.807, 2.05) is 0 Å². The van der Waals surface area contributed by atoms with Gasteiger partial charge in [-0.15, -0.1) is 0 Å². The monoisotopic (exact) mass is 182 g/mol. The fourth-order valence-corrected chi connectivity index (χ4v) is 2.01. The van der Waals surface area contributed by atoms with Crippen LogP contribution in [0.15, 0.2) is 0 Å². The van der Waals surface area contributed by atoms with E-state index in [4.69, 9.17) is 10.2 Å². The first-order valence-electron chi connectivity index (χ1n) is 3.50. The van der Waals surface area contributed by atoms with Crippen LogP contribution in [-0.2, 0) is 4.57 Å². The number of hydrogen-bond acceptors (Lipinski definition) is 3. The maximum absolute atomic E-state index is 11.3. The van der Waals surface area contributed by atoms with Gasteiger partial charge >= 0.3 is 0 Å². The largest absolute Gasteiger partial charge is 0.396 e. The average Bonchev–Trinajstić information content (AvgIpc) is 2.01. The van der Waals surface area contributed by atoms with Crippen molar-refractivity contribution >= 4 is 7.37 Å². The molecule has 0 aliphatic rings. The number of rotatable bonds is 4. The summed E-state index contributed by atoms with van der Waals surface area (Å²) in [5.74, 6) is 0. The van der Waals surface area contributed by atoms with Crippen molar-refractivity contribution in [1.82, 2.24) is 0 Å². The second-order valence-corrected chi connectivity index (χ2v) is 5.84. The van der Waals surface area contributed by atoms with Crippen LogP contribution in [0.5, 0.6) is 0 Å². The first kappa shape index (κ1) is 11.1. The van der Waals surface area contributed by atoms with Crippen molar-refractivity contribution in [3.63, 3.8) is 0 Å². The minimum Gasteiger partial charge on any atom is -0.396 e. The third-order valence-corrected chi connectivity index (χ3v) is 4.64. The zero-order valence-corrected chi connectivity index (χ0v) is 7.66. The molecular formula is C6H15O4P. The second-order valence-electron chi connectivity index (χ2n) is 2.74. The van der Waals surface area contributed by atoms with E-state index in [-0.39, 0.29) is 13.2 Å². The maximum Gasteiger partial charge on any atom is 0.210 e. The fourth-order valence-electron chi connectivity index (χ4n) is 0.668. The van der Waals surface area contributed by atoms with Gasteiger partial charge in [-0.3, -0.25) is 4.57 Å². The summed E-state index contributed by atoms with van der Waals surface area (Å²) in [5.41, 5.74) is -1.30. The van der Waals surface area contributed by atoms with E-state index < -0.39 is 18.7 Å². The van der Waals surface area contributed by atoms with Crippen LogP contribution < -0.4 is 0 Å². The van der Waals surface area contributed by atoms with E-state index in [1.54, 1.807) is 0 Å². The third-order valence-electron chi connectivity index (χ3n) is 1.79. The van der Waals surface area contributed by atoms with Crippen molar-refractivity contribution in [2.75, 3.05) is 13.2 Å². The Morgan fingerprint density at radius 3 is 1.64 bits per heavy atom. The SMILES string of the molecule is CC(CO)P(=O)(O)C(C)CO. The Morgan fingerprint density at radius 2 is 1.45 bits per heavy atom. The number of aliphatic hydroxyl groups excluding tert-OH is 2. The highest BCUT2D eigenvalue weighted by Gasteiger charge is 2.32. The van der Waals surface area contributed by atoms with Crippen LogP contribution in [0.4, 0.5) is 0 Å². The smallest absolute Gasteiger partial charge is 0.210 e. The highest BCUT2D eigenvalue weighted by Crippen LogP contribution is 2.50. The van der Waals surface area contributed by atoms with Crippen LogP contribution in [0.3, 0.4) is 0 Å². The Kier molecular flexibility index (Phi) is 4.26. The van der Waals surface area contributed by atoms with Gasteiger partial charge in [-0.1, -0.05) is 13.8 Å². The van der Waals surface area contributed by atoms with Crippen LogP contribution in [0.25, 0.3) is 0 Å². The zero-order valence-electron chi connectivity index (χ0n) is 6.77. The highest BCUT2D eigenvalue weighted by atomic mass is 31.2. The predicted molar refractivity (Wildman–Crippen MR) is 42.9 cm³/mol. The van der Waals surface area contributed by atoms with Crippen molar-refractivity contribution in [1.29, 1.82) is 0 Å². The molecule has 0 aliphatic carbocycles. The standard InChI is InChI=1S/C6H15O4P/c1-5(3-7)11(9,10)6(2)4-8/h5-8H,3-4H2,1-2H3,(H,9,10). The second kappa shape index (κ2) is 4.21. The Morgan fingerprint density at radius 1 is 1.18 bits per heavy atom. The van der Waals surface area contributed by atoms with Crippen LogP contribution >= 0.6 is 7.37 Å². The first-order chi connectivity index (χ1) is 4.96. The number of aliphatic hydroxyl groups is 2. The summed E-state index contributed by atoms with van der Waals surface area (Å²) in [7, 11) is -3.37.